The van der Waals surface area contributed by atoms with Crippen molar-refractivity contribution in [3.63, 3.8) is 0 Å². The number of unbranched alkanes of at least 4 members (excludes halogenated alkanes) is 23. The van der Waals surface area contributed by atoms with Crippen LogP contribution in [0.25, 0.3) is 0 Å². The van der Waals surface area contributed by atoms with Crippen LogP contribution < -0.4 is 10.2 Å². The molecule has 0 aliphatic rings. The van der Waals surface area contributed by atoms with Gasteiger partial charge < -0.3 is 28.5 Å². The molecule has 442 valence electrons. The summed E-state index contributed by atoms with van der Waals surface area (Å²) in [6.07, 6.45) is 76.5. The molecule has 0 aromatic rings. The molecule has 10 heteroatoms. The van der Waals surface area contributed by atoms with Gasteiger partial charge >= 0.3 is 5.97 Å². The molecule has 0 rings (SSSR count). The van der Waals surface area contributed by atoms with E-state index in [2.05, 4.69) is 117 Å². The minimum Gasteiger partial charge on any atom is -0.756 e. The largest absolute Gasteiger partial charge is 0.756 e. The molecule has 0 fully saturated rings. The molecular weight excluding hydrogens is 976 g/mol. The topological polar surface area (TPSA) is 114 Å². The van der Waals surface area contributed by atoms with E-state index in [1.807, 2.05) is 33.3 Å². The molecule has 0 radical (unpaired) electrons. The molecular formula is C67H117N2O7P. The Morgan fingerprint density at radius 2 is 0.844 bits per heavy atom. The minimum atomic E-state index is -4.72. The molecule has 3 unspecified atom stereocenters. The number of amides is 1. The lowest BCUT2D eigenvalue weighted by molar-refractivity contribution is -0.870. The number of quaternary nitrogens is 1. The second-order valence-corrected chi connectivity index (χ2v) is 23.2. The van der Waals surface area contributed by atoms with Gasteiger partial charge in [-0.05, 0) is 102 Å². The maximum Gasteiger partial charge on any atom is 0.306 e. The van der Waals surface area contributed by atoms with Crippen molar-refractivity contribution in [2.75, 3.05) is 40.9 Å². The number of phosphoric ester groups is 1. The van der Waals surface area contributed by atoms with Gasteiger partial charge in [0.25, 0.3) is 7.82 Å². The lowest BCUT2D eigenvalue weighted by Gasteiger charge is -2.30. The number of ether oxygens (including phenoxy) is 1. The first-order chi connectivity index (χ1) is 37.4. The van der Waals surface area contributed by atoms with E-state index >= 15 is 0 Å². The van der Waals surface area contributed by atoms with Gasteiger partial charge in [-0.1, -0.05) is 246 Å². The zero-order chi connectivity index (χ0) is 56.4. The number of rotatable bonds is 55. The zero-order valence-electron chi connectivity index (χ0n) is 50.4. The van der Waals surface area contributed by atoms with E-state index in [1.165, 1.54) is 109 Å². The molecule has 0 saturated carbocycles. The average Bonchev–Trinajstić information content (AvgIpc) is 3.39. The fourth-order valence-electron chi connectivity index (χ4n) is 8.40. The normalized spacial score (nSPS) is 14.4. The molecule has 0 saturated heterocycles. The molecule has 77 heavy (non-hydrogen) atoms. The number of hydrogen-bond donors (Lipinski definition) is 1. The summed E-state index contributed by atoms with van der Waals surface area (Å²) in [6, 6.07) is -0.921. The molecule has 1 amide bonds. The van der Waals surface area contributed by atoms with E-state index in [0.29, 0.717) is 23.9 Å². The summed E-state index contributed by atoms with van der Waals surface area (Å²) in [5, 5.41) is 3.00. The Morgan fingerprint density at radius 1 is 0.468 bits per heavy atom. The molecule has 0 aliphatic heterocycles. The number of likely N-dealkylation sites (N-methyl/N-ethyl adjacent to an activating group) is 1. The third-order valence-electron chi connectivity index (χ3n) is 13.2. The monoisotopic (exact) mass is 1090 g/mol. The van der Waals surface area contributed by atoms with E-state index in [4.69, 9.17) is 13.8 Å². The molecule has 0 heterocycles. The van der Waals surface area contributed by atoms with Crippen LogP contribution in [0.2, 0.25) is 0 Å². The Bertz CT molecular complexity index is 1690. The molecule has 0 aromatic carbocycles. The van der Waals surface area contributed by atoms with Gasteiger partial charge in [0, 0.05) is 12.8 Å². The molecule has 0 aliphatic carbocycles. The third-order valence-corrected chi connectivity index (χ3v) is 14.2. The van der Waals surface area contributed by atoms with Crippen molar-refractivity contribution < 1.29 is 37.3 Å². The van der Waals surface area contributed by atoms with Crippen molar-refractivity contribution in [1.82, 2.24) is 5.32 Å². The van der Waals surface area contributed by atoms with Crippen molar-refractivity contribution in [3.05, 3.63) is 109 Å². The van der Waals surface area contributed by atoms with E-state index < -0.39 is 32.5 Å². The molecule has 0 spiro atoms. The average molecular weight is 1090 g/mol. The number of esters is 1. The first-order valence-corrected chi connectivity index (χ1v) is 32.7. The van der Waals surface area contributed by atoms with Crippen molar-refractivity contribution in [2.45, 2.75) is 264 Å². The van der Waals surface area contributed by atoms with Gasteiger partial charge in [-0.2, -0.15) is 0 Å². The van der Waals surface area contributed by atoms with Crippen LogP contribution in [0, 0.1) is 0 Å². The Labute approximate surface area is 474 Å². The quantitative estimate of drug-likeness (QED) is 0.0212. The predicted molar refractivity (Wildman–Crippen MR) is 330 cm³/mol. The van der Waals surface area contributed by atoms with Crippen LogP contribution in [0.3, 0.4) is 0 Å². The number of carbonyl (C=O) groups excluding carboxylic acids is 2. The highest BCUT2D eigenvalue weighted by atomic mass is 31.2. The van der Waals surface area contributed by atoms with Gasteiger partial charge in [-0.3, -0.25) is 14.2 Å². The predicted octanol–water partition coefficient (Wildman–Crippen LogP) is 18.7. The first-order valence-electron chi connectivity index (χ1n) is 31.2. The van der Waals surface area contributed by atoms with E-state index in [0.717, 1.165) is 103 Å². The number of hydrogen-bond acceptors (Lipinski definition) is 7. The van der Waals surface area contributed by atoms with Gasteiger partial charge in [0.05, 0.1) is 33.8 Å². The molecule has 1 N–H and O–H groups in total. The lowest BCUT2D eigenvalue weighted by atomic mass is 10.1. The van der Waals surface area contributed by atoms with Gasteiger partial charge in [-0.25, -0.2) is 0 Å². The number of phosphoric acid groups is 1. The molecule has 0 bridgehead atoms. The Hall–Kier alpha value is -3.33. The summed E-state index contributed by atoms with van der Waals surface area (Å²) in [6.45, 7) is 6.66. The fraction of sp³-hybridized carbons (Fsp3) is 0.701. The summed E-state index contributed by atoms with van der Waals surface area (Å²) < 4.78 is 30.2. The van der Waals surface area contributed by atoms with Gasteiger partial charge in [0.2, 0.25) is 5.91 Å². The summed E-state index contributed by atoms with van der Waals surface area (Å²) in [4.78, 5) is 39.9. The summed E-state index contributed by atoms with van der Waals surface area (Å²) >= 11 is 0. The second-order valence-electron chi connectivity index (χ2n) is 21.8. The maximum absolute atomic E-state index is 13.5. The highest BCUT2D eigenvalue weighted by Gasteiger charge is 2.27. The van der Waals surface area contributed by atoms with Crippen molar-refractivity contribution in [1.29, 1.82) is 0 Å². The minimum absolute atomic E-state index is 0.0366. The van der Waals surface area contributed by atoms with E-state index in [-0.39, 0.29) is 18.9 Å². The summed E-state index contributed by atoms with van der Waals surface area (Å²) in [5.74, 6) is -0.635. The Morgan fingerprint density at radius 3 is 1.27 bits per heavy atom. The Balaban J connectivity index is 5.15. The fourth-order valence-corrected chi connectivity index (χ4v) is 9.12. The zero-order valence-corrected chi connectivity index (χ0v) is 51.3. The van der Waals surface area contributed by atoms with Gasteiger partial charge in [0.1, 0.15) is 19.3 Å². The van der Waals surface area contributed by atoms with Gasteiger partial charge in [-0.15, -0.1) is 0 Å². The number of allylic oxidation sites excluding steroid dienone is 17. The standard InChI is InChI=1S/C67H117N2O7P/c1-7-10-13-16-19-22-25-27-28-29-30-31-32-33-34-35-36-37-38-39-40-42-44-47-50-53-56-59-66(70)68-64(63-75-77(72,73)74-62-61-69(4,5)6)65(58-55-52-49-46-43-24-21-18-15-12-9-3)76-67(71)60-57-54-51-48-45-41-26-23-20-17-14-11-8-2/h10,13,19,22,27-28,30-31,33-34,36-37,41,45,51,54-55,58,64-65H,7-9,11-12,14-18,20-21,23-26,29,32,35,38-40,42-44,46-50,52-53,56-57,59-63H2,1-6H3,(H-,68,70,72,73)/b13-10-,22-19-,28-27-,31-30-,34-33-,37-36-,45-41-,54-51+,58-55-. The number of nitrogens with zero attached hydrogens (tertiary/aromatic N) is 1. The Kier molecular flexibility index (Phi) is 53.5. The third kappa shape index (κ3) is 57.2. The number of carbonyl (C=O) groups is 2. The number of nitrogens with one attached hydrogen (secondary N) is 1. The van der Waals surface area contributed by atoms with E-state index in [9.17, 15) is 19.0 Å². The molecule has 3 atom stereocenters. The van der Waals surface area contributed by atoms with Crippen LogP contribution in [-0.2, 0) is 27.9 Å². The summed E-state index contributed by atoms with van der Waals surface area (Å²) in [5.41, 5.74) is 0. The summed E-state index contributed by atoms with van der Waals surface area (Å²) in [7, 11) is 1.14. The van der Waals surface area contributed by atoms with Crippen LogP contribution in [0.5, 0.6) is 0 Å². The SMILES string of the molecule is CC/C=C\C/C=C\C/C=C\C/C=C\C/C=C\C/C=C\CCCCCCCCCCC(=O)NC(COP(=O)([O-])OCC[N+](C)(C)C)C(/C=C\CCCCCCCCCCC)OC(=O)CC/C=C/C/C=C\CCCCCCCC. The second kappa shape index (κ2) is 56.0. The van der Waals surface area contributed by atoms with Crippen LogP contribution in [-0.4, -0.2) is 69.4 Å². The van der Waals surface area contributed by atoms with Gasteiger partial charge in [0.15, 0.2) is 0 Å². The maximum atomic E-state index is 13.5. The van der Waals surface area contributed by atoms with Crippen molar-refractivity contribution in [3.8, 4) is 0 Å². The highest BCUT2D eigenvalue weighted by molar-refractivity contribution is 7.45. The van der Waals surface area contributed by atoms with Crippen molar-refractivity contribution >= 4 is 19.7 Å². The van der Waals surface area contributed by atoms with Crippen LogP contribution in [0.4, 0.5) is 0 Å². The van der Waals surface area contributed by atoms with Crippen molar-refractivity contribution in [2.24, 2.45) is 0 Å². The van der Waals surface area contributed by atoms with Crippen LogP contribution >= 0.6 is 7.82 Å². The molecule has 9 nitrogen and oxygen atoms in total. The van der Waals surface area contributed by atoms with Crippen LogP contribution in [0.15, 0.2) is 109 Å². The van der Waals surface area contributed by atoms with E-state index in [1.54, 1.807) is 6.08 Å². The highest BCUT2D eigenvalue weighted by Crippen LogP contribution is 2.38. The first kappa shape index (κ1) is 73.7. The molecule has 0 aromatic heterocycles. The van der Waals surface area contributed by atoms with Crippen LogP contribution in [0.1, 0.15) is 252 Å². The smallest absolute Gasteiger partial charge is 0.306 e. The lowest BCUT2D eigenvalue weighted by Crippen LogP contribution is -2.47.